The second-order valence-corrected chi connectivity index (χ2v) is 11.8. The first kappa shape index (κ1) is 33.9. The monoisotopic (exact) mass is 613 g/mol. The van der Waals surface area contributed by atoms with Gasteiger partial charge in [0.2, 0.25) is 11.8 Å². The number of carbonyl (C=O) groups is 4. The molecule has 1 saturated carbocycles. The molecule has 10 heteroatoms. The number of rotatable bonds is 14. The van der Waals surface area contributed by atoms with E-state index in [9.17, 15) is 19.2 Å². The van der Waals surface area contributed by atoms with Gasteiger partial charge in [-0.25, -0.2) is 9.59 Å². The van der Waals surface area contributed by atoms with Crippen LogP contribution in [0.25, 0.3) is 0 Å². The maximum absolute atomic E-state index is 13.5. The number of likely N-dealkylation sites (N-methyl/N-ethyl adjacent to an activating group) is 1. The first-order valence-electron chi connectivity index (χ1n) is 15.0. The lowest BCUT2D eigenvalue weighted by atomic mass is 9.84. The molecule has 2 N–H and O–H groups in total. The molecule has 0 heterocycles. The van der Waals surface area contributed by atoms with Crippen LogP contribution in [0.2, 0.25) is 5.02 Å². The zero-order valence-electron chi connectivity index (χ0n) is 25.4. The molecule has 3 atom stereocenters. The molecule has 234 valence electrons. The van der Waals surface area contributed by atoms with Crippen molar-refractivity contribution in [1.82, 2.24) is 15.5 Å². The van der Waals surface area contributed by atoms with Gasteiger partial charge in [0.15, 0.2) is 0 Å². The molecule has 3 amide bonds. The Morgan fingerprint density at radius 1 is 0.977 bits per heavy atom. The van der Waals surface area contributed by atoms with E-state index >= 15 is 0 Å². The van der Waals surface area contributed by atoms with Crippen LogP contribution >= 0.6 is 11.6 Å². The Hall–Kier alpha value is -3.59. The number of esters is 1. The molecule has 0 bridgehead atoms. The number of carbonyl (C=O) groups excluding carboxylic acids is 4. The van der Waals surface area contributed by atoms with E-state index in [1.165, 1.54) is 7.11 Å². The highest BCUT2D eigenvalue weighted by Crippen LogP contribution is 2.27. The molecule has 2 aromatic carbocycles. The van der Waals surface area contributed by atoms with E-state index in [4.69, 9.17) is 21.1 Å². The molecule has 3 rings (SSSR count). The van der Waals surface area contributed by atoms with Crippen molar-refractivity contribution in [2.24, 2.45) is 5.92 Å². The maximum Gasteiger partial charge on any atom is 0.408 e. The minimum absolute atomic E-state index is 0.00648. The molecule has 1 fully saturated rings. The van der Waals surface area contributed by atoms with Gasteiger partial charge in [0.05, 0.1) is 7.11 Å². The van der Waals surface area contributed by atoms with E-state index in [1.807, 2.05) is 30.3 Å². The van der Waals surface area contributed by atoms with Crippen molar-refractivity contribution in [3.63, 3.8) is 0 Å². The van der Waals surface area contributed by atoms with Gasteiger partial charge in [0.25, 0.3) is 0 Å². The highest BCUT2D eigenvalue weighted by Gasteiger charge is 2.31. The van der Waals surface area contributed by atoms with E-state index in [0.717, 1.165) is 43.2 Å². The Balaban J connectivity index is 1.60. The van der Waals surface area contributed by atoms with Gasteiger partial charge < -0.3 is 25.0 Å². The quantitative estimate of drug-likeness (QED) is 0.268. The van der Waals surface area contributed by atoms with Crippen molar-refractivity contribution >= 4 is 35.5 Å². The minimum atomic E-state index is -1.04. The van der Waals surface area contributed by atoms with Gasteiger partial charge in [-0.05, 0) is 47.9 Å². The highest BCUT2D eigenvalue weighted by atomic mass is 35.5. The number of nitrogens with zero attached hydrogens (tertiary/aromatic N) is 1. The van der Waals surface area contributed by atoms with Crippen molar-refractivity contribution in [2.75, 3.05) is 20.7 Å². The van der Waals surface area contributed by atoms with Gasteiger partial charge in [0.1, 0.15) is 18.7 Å². The zero-order valence-corrected chi connectivity index (χ0v) is 26.1. The van der Waals surface area contributed by atoms with Crippen molar-refractivity contribution in [2.45, 2.75) is 82.9 Å². The number of methoxy groups -OCH3 is 1. The normalized spacial score (nSPS) is 15.4. The summed E-state index contributed by atoms with van der Waals surface area (Å²) in [5.74, 6) is -0.916. The number of hydrogen-bond acceptors (Lipinski definition) is 6. The fourth-order valence-electron chi connectivity index (χ4n) is 5.47. The number of nitrogens with one attached hydrogen (secondary N) is 2. The van der Waals surface area contributed by atoms with Crippen LogP contribution in [-0.4, -0.2) is 61.6 Å². The predicted octanol–water partition coefficient (Wildman–Crippen LogP) is 5.61. The minimum Gasteiger partial charge on any atom is -0.467 e. The number of ether oxygens (including phenoxy) is 2. The first-order chi connectivity index (χ1) is 20.7. The molecule has 0 aliphatic heterocycles. The fourth-order valence-corrected chi connectivity index (χ4v) is 5.68. The number of hydrogen-bond donors (Lipinski definition) is 2. The van der Waals surface area contributed by atoms with Crippen molar-refractivity contribution < 1.29 is 28.7 Å². The Kier molecular flexibility index (Phi) is 13.8. The largest absolute Gasteiger partial charge is 0.467 e. The number of halogens is 1. The maximum atomic E-state index is 13.5. The van der Waals surface area contributed by atoms with E-state index in [-0.39, 0.29) is 37.2 Å². The van der Waals surface area contributed by atoms with Crippen LogP contribution < -0.4 is 10.6 Å². The molecule has 0 spiro atoms. The first-order valence-corrected chi connectivity index (χ1v) is 15.4. The predicted molar refractivity (Wildman–Crippen MR) is 165 cm³/mol. The third-order valence-corrected chi connectivity index (χ3v) is 8.19. The van der Waals surface area contributed by atoms with Crippen LogP contribution in [-0.2, 0) is 30.5 Å². The van der Waals surface area contributed by atoms with Gasteiger partial charge in [-0.3, -0.25) is 9.59 Å². The van der Waals surface area contributed by atoms with E-state index < -0.39 is 30.1 Å². The SMILES string of the molecule is COC(=O)[C@H](CCC(=O)N(C)CC(C)c1ccccc1)NC(=O)[C@H](CC1CCCCC1)NC(=O)OCc1cccc(Cl)c1. The average molecular weight is 614 g/mol. The Morgan fingerprint density at radius 2 is 1.70 bits per heavy atom. The molecule has 1 aliphatic rings. The van der Waals surface area contributed by atoms with E-state index in [1.54, 1.807) is 36.2 Å². The molecule has 43 heavy (non-hydrogen) atoms. The Morgan fingerprint density at radius 3 is 2.37 bits per heavy atom. The van der Waals surface area contributed by atoms with E-state index in [0.29, 0.717) is 18.0 Å². The number of benzene rings is 2. The van der Waals surface area contributed by atoms with Gasteiger partial charge in [-0.15, -0.1) is 0 Å². The molecule has 0 radical (unpaired) electrons. The highest BCUT2D eigenvalue weighted by molar-refractivity contribution is 6.30. The summed E-state index contributed by atoms with van der Waals surface area (Å²) in [5, 5.41) is 5.96. The summed E-state index contributed by atoms with van der Waals surface area (Å²) in [6.07, 6.45) is 5.01. The average Bonchev–Trinajstić information content (AvgIpc) is 3.02. The number of alkyl carbamates (subject to hydrolysis) is 1. The number of amides is 3. The fraction of sp³-hybridized carbons (Fsp3) is 0.515. The van der Waals surface area contributed by atoms with Crippen LogP contribution in [0.15, 0.2) is 54.6 Å². The molecule has 0 aromatic heterocycles. The van der Waals surface area contributed by atoms with E-state index in [2.05, 4.69) is 17.6 Å². The Bertz CT molecular complexity index is 1200. The second-order valence-electron chi connectivity index (χ2n) is 11.4. The summed E-state index contributed by atoms with van der Waals surface area (Å²) >= 11 is 6.02. The third kappa shape index (κ3) is 11.5. The third-order valence-electron chi connectivity index (χ3n) is 7.95. The zero-order chi connectivity index (χ0) is 31.2. The summed E-state index contributed by atoms with van der Waals surface area (Å²) in [6, 6.07) is 14.9. The smallest absolute Gasteiger partial charge is 0.408 e. The van der Waals surface area contributed by atoms with Gasteiger partial charge in [-0.2, -0.15) is 0 Å². The van der Waals surface area contributed by atoms with Crippen LogP contribution in [0.5, 0.6) is 0 Å². The van der Waals surface area contributed by atoms with Crippen molar-refractivity contribution in [3.05, 3.63) is 70.7 Å². The summed E-state index contributed by atoms with van der Waals surface area (Å²) in [7, 11) is 2.97. The van der Waals surface area contributed by atoms with Gasteiger partial charge >= 0.3 is 12.1 Å². The lowest BCUT2D eigenvalue weighted by molar-refractivity contribution is -0.145. The van der Waals surface area contributed by atoms with Crippen LogP contribution in [0.1, 0.15) is 75.3 Å². The summed E-state index contributed by atoms with van der Waals surface area (Å²) in [4.78, 5) is 53.4. The topological polar surface area (TPSA) is 114 Å². The lowest BCUT2D eigenvalue weighted by Gasteiger charge is -2.28. The van der Waals surface area contributed by atoms with Gasteiger partial charge in [-0.1, -0.05) is 93.1 Å². The van der Waals surface area contributed by atoms with Crippen LogP contribution in [0, 0.1) is 5.92 Å². The molecule has 1 aliphatic carbocycles. The molecule has 1 unspecified atom stereocenters. The second kappa shape index (κ2) is 17.5. The standard InChI is InChI=1S/C33H44ClN3O6/c1-23(26-14-8-5-9-15-26)21-37(2)30(38)18-17-28(32(40)42-3)35-31(39)29(20-24-11-6-4-7-12-24)36-33(41)43-22-25-13-10-16-27(34)19-25/h5,8-10,13-16,19,23-24,28-29H,4,6-7,11-12,17-18,20-22H2,1-3H3,(H,35,39)(H,36,41)/t23?,28-,29-/m0/s1. The summed E-state index contributed by atoms with van der Waals surface area (Å²) < 4.78 is 10.3. The molecular formula is C33H44ClN3O6. The lowest BCUT2D eigenvalue weighted by Crippen LogP contribution is -2.52. The van der Waals surface area contributed by atoms with Crippen molar-refractivity contribution in [3.8, 4) is 0 Å². The Labute approximate surface area is 259 Å². The van der Waals surface area contributed by atoms with Crippen LogP contribution in [0.3, 0.4) is 0 Å². The molecule has 9 nitrogen and oxygen atoms in total. The molecule has 2 aromatic rings. The summed E-state index contributed by atoms with van der Waals surface area (Å²) in [6.45, 7) is 2.56. The van der Waals surface area contributed by atoms with Crippen molar-refractivity contribution in [1.29, 1.82) is 0 Å². The molecule has 0 saturated heterocycles. The van der Waals surface area contributed by atoms with Gasteiger partial charge in [0, 0.05) is 25.0 Å². The molecular weight excluding hydrogens is 570 g/mol. The van der Waals surface area contributed by atoms with Crippen LogP contribution in [0.4, 0.5) is 4.79 Å². The summed E-state index contributed by atoms with van der Waals surface area (Å²) in [5.41, 5.74) is 1.85.